The normalized spacial score (nSPS) is 13.2. The number of nitrogens with one attached hydrogen (secondary N) is 1. The number of anilines is 1. The van der Waals surface area contributed by atoms with E-state index in [1.165, 1.54) is 23.4 Å². The summed E-state index contributed by atoms with van der Waals surface area (Å²) in [7, 11) is 1.77. The molecule has 0 atom stereocenters. The topological polar surface area (TPSA) is 36.9 Å². The highest BCUT2D eigenvalue weighted by molar-refractivity contribution is 14.0. The van der Waals surface area contributed by atoms with Gasteiger partial charge in [-0.05, 0) is 30.2 Å². The summed E-state index contributed by atoms with van der Waals surface area (Å²) in [5.41, 5.74) is 2.54. The number of aliphatic imine (C=N–C) groups is 1. The van der Waals surface area contributed by atoms with E-state index in [0.29, 0.717) is 18.9 Å². The summed E-state index contributed by atoms with van der Waals surface area (Å²) in [6, 6.07) is 14.5. The Balaban J connectivity index is 0.00000208. The van der Waals surface area contributed by atoms with E-state index in [-0.39, 0.29) is 29.8 Å². The number of guanidine groups is 1. The summed E-state index contributed by atoms with van der Waals surface area (Å²) >= 11 is 0. The Morgan fingerprint density at radius 1 is 1.25 bits per heavy atom. The van der Waals surface area contributed by atoms with Crippen LogP contribution in [0.3, 0.4) is 0 Å². The lowest BCUT2D eigenvalue weighted by molar-refractivity contribution is 0.320. The van der Waals surface area contributed by atoms with E-state index in [9.17, 15) is 4.39 Å². The van der Waals surface area contributed by atoms with Gasteiger partial charge in [-0.25, -0.2) is 4.39 Å². The van der Waals surface area contributed by atoms with Crippen LogP contribution in [0.5, 0.6) is 5.75 Å². The molecule has 4 nitrogen and oxygen atoms in total. The van der Waals surface area contributed by atoms with Crippen LogP contribution in [0.2, 0.25) is 0 Å². The first-order chi connectivity index (χ1) is 11.3. The lowest BCUT2D eigenvalue weighted by atomic mass is 10.2. The van der Waals surface area contributed by atoms with Gasteiger partial charge in [0.05, 0.1) is 6.54 Å². The lowest BCUT2D eigenvalue weighted by Crippen LogP contribution is -2.42. The highest BCUT2D eigenvalue weighted by atomic mass is 127. The first-order valence-corrected chi connectivity index (χ1v) is 7.72. The Kier molecular flexibility index (Phi) is 6.84. The van der Waals surface area contributed by atoms with E-state index in [4.69, 9.17) is 4.74 Å². The number of hydrogen-bond acceptors (Lipinski definition) is 2. The second-order valence-corrected chi connectivity index (χ2v) is 5.31. The zero-order valence-corrected chi connectivity index (χ0v) is 15.9. The molecule has 0 aliphatic carbocycles. The van der Waals surface area contributed by atoms with Crippen LogP contribution in [-0.4, -0.2) is 32.7 Å². The Labute approximate surface area is 158 Å². The van der Waals surface area contributed by atoms with Crippen molar-refractivity contribution in [2.75, 3.05) is 31.6 Å². The molecule has 1 aliphatic heterocycles. The zero-order valence-electron chi connectivity index (χ0n) is 13.5. The van der Waals surface area contributed by atoms with Gasteiger partial charge < -0.3 is 15.0 Å². The van der Waals surface area contributed by atoms with Gasteiger partial charge in [-0.1, -0.05) is 24.3 Å². The monoisotopic (exact) mass is 441 g/mol. The smallest absolute Gasteiger partial charge is 0.198 e. The minimum absolute atomic E-state index is 0. The molecule has 1 aliphatic rings. The highest BCUT2D eigenvalue weighted by Gasteiger charge is 2.21. The molecule has 0 radical (unpaired) electrons. The fourth-order valence-electron chi connectivity index (χ4n) is 2.74. The van der Waals surface area contributed by atoms with Gasteiger partial charge in [0.15, 0.2) is 5.96 Å². The maximum absolute atomic E-state index is 13.1. The zero-order chi connectivity index (χ0) is 16.1. The van der Waals surface area contributed by atoms with Crippen molar-refractivity contribution in [1.29, 1.82) is 0 Å². The molecule has 1 heterocycles. The average Bonchev–Trinajstić information content (AvgIpc) is 2.99. The molecule has 6 heteroatoms. The van der Waals surface area contributed by atoms with Gasteiger partial charge in [0.1, 0.15) is 18.2 Å². The minimum atomic E-state index is -0.292. The standard InChI is InChI=1S/C18H20FN3O.HI/c1-20-18(22-11-9-14-5-2-3-8-17(14)22)21-10-12-23-16-7-4-6-15(19)13-16;/h2-8,13H,9-12H2,1H3,(H,20,21);1H. The fraction of sp³-hybridized carbons (Fsp3) is 0.278. The van der Waals surface area contributed by atoms with Gasteiger partial charge >= 0.3 is 0 Å². The predicted octanol–water partition coefficient (Wildman–Crippen LogP) is 3.46. The van der Waals surface area contributed by atoms with Gasteiger partial charge in [-0.2, -0.15) is 0 Å². The molecule has 2 aromatic rings. The maximum atomic E-state index is 13.1. The second kappa shape index (κ2) is 8.86. The number of hydrogen-bond donors (Lipinski definition) is 1. The molecule has 3 rings (SSSR count). The SMILES string of the molecule is CN=C(NCCOc1cccc(F)c1)N1CCc2ccccc21.I. The molecule has 1 N–H and O–H groups in total. The van der Waals surface area contributed by atoms with Crippen molar-refractivity contribution >= 4 is 35.6 Å². The molecule has 24 heavy (non-hydrogen) atoms. The quantitative estimate of drug-likeness (QED) is 0.342. The molecular weight excluding hydrogens is 420 g/mol. The fourth-order valence-corrected chi connectivity index (χ4v) is 2.74. The van der Waals surface area contributed by atoms with Crippen LogP contribution in [0.1, 0.15) is 5.56 Å². The molecule has 0 spiro atoms. The molecule has 0 aromatic heterocycles. The van der Waals surface area contributed by atoms with Gasteiger partial charge in [0, 0.05) is 25.3 Å². The Hall–Kier alpha value is -1.83. The van der Waals surface area contributed by atoms with Crippen LogP contribution >= 0.6 is 24.0 Å². The second-order valence-electron chi connectivity index (χ2n) is 5.31. The Morgan fingerprint density at radius 2 is 2.08 bits per heavy atom. The third-order valence-corrected chi connectivity index (χ3v) is 3.80. The molecule has 0 bridgehead atoms. The predicted molar refractivity (Wildman–Crippen MR) is 106 cm³/mol. The first-order valence-electron chi connectivity index (χ1n) is 7.72. The van der Waals surface area contributed by atoms with E-state index < -0.39 is 0 Å². The molecule has 0 unspecified atom stereocenters. The average molecular weight is 441 g/mol. The molecule has 0 saturated carbocycles. The maximum Gasteiger partial charge on any atom is 0.198 e. The Morgan fingerprint density at radius 3 is 2.88 bits per heavy atom. The van der Waals surface area contributed by atoms with Crippen molar-refractivity contribution in [3.05, 3.63) is 59.9 Å². The van der Waals surface area contributed by atoms with Crippen LogP contribution in [0.25, 0.3) is 0 Å². The summed E-state index contributed by atoms with van der Waals surface area (Å²) in [5, 5.41) is 3.29. The van der Waals surface area contributed by atoms with Crippen LogP contribution in [-0.2, 0) is 6.42 Å². The molecular formula is C18H21FIN3O. The van der Waals surface area contributed by atoms with Gasteiger partial charge in [0.25, 0.3) is 0 Å². The van der Waals surface area contributed by atoms with Crippen molar-refractivity contribution in [1.82, 2.24) is 5.32 Å². The highest BCUT2D eigenvalue weighted by Crippen LogP contribution is 2.27. The summed E-state index contributed by atoms with van der Waals surface area (Å²) in [6.07, 6.45) is 1.02. The number of para-hydroxylation sites is 1. The summed E-state index contributed by atoms with van der Waals surface area (Å²) < 4.78 is 18.6. The third-order valence-electron chi connectivity index (χ3n) is 3.80. The van der Waals surface area contributed by atoms with Crippen molar-refractivity contribution in [2.45, 2.75) is 6.42 Å². The number of nitrogens with zero attached hydrogens (tertiary/aromatic N) is 2. The number of halogens is 2. The van der Waals surface area contributed by atoms with E-state index in [2.05, 4.69) is 33.4 Å². The van der Waals surface area contributed by atoms with E-state index in [0.717, 1.165) is 18.9 Å². The van der Waals surface area contributed by atoms with Gasteiger partial charge in [0.2, 0.25) is 0 Å². The van der Waals surface area contributed by atoms with E-state index in [1.807, 2.05) is 6.07 Å². The Bertz CT molecular complexity index is 708. The number of benzene rings is 2. The molecule has 128 valence electrons. The lowest BCUT2D eigenvalue weighted by Gasteiger charge is -2.22. The molecule has 0 saturated heterocycles. The van der Waals surface area contributed by atoms with Crippen LogP contribution in [0, 0.1) is 5.82 Å². The van der Waals surface area contributed by atoms with Crippen LogP contribution in [0.15, 0.2) is 53.5 Å². The van der Waals surface area contributed by atoms with Gasteiger partial charge in [-0.3, -0.25) is 4.99 Å². The minimum Gasteiger partial charge on any atom is -0.492 e. The number of ether oxygens (including phenoxy) is 1. The van der Waals surface area contributed by atoms with E-state index in [1.54, 1.807) is 19.2 Å². The van der Waals surface area contributed by atoms with Crippen molar-refractivity contribution in [3.8, 4) is 5.75 Å². The third kappa shape index (κ3) is 4.37. The molecule has 2 aromatic carbocycles. The number of fused-ring (bicyclic) bond motifs is 1. The summed E-state index contributed by atoms with van der Waals surface area (Å²) in [6.45, 7) is 1.96. The van der Waals surface area contributed by atoms with Crippen molar-refractivity contribution in [3.63, 3.8) is 0 Å². The van der Waals surface area contributed by atoms with Crippen LogP contribution in [0.4, 0.5) is 10.1 Å². The molecule has 0 amide bonds. The largest absolute Gasteiger partial charge is 0.492 e. The van der Waals surface area contributed by atoms with Crippen molar-refractivity contribution in [2.24, 2.45) is 4.99 Å². The van der Waals surface area contributed by atoms with Gasteiger partial charge in [-0.15, -0.1) is 24.0 Å². The summed E-state index contributed by atoms with van der Waals surface area (Å²) in [4.78, 5) is 6.52. The molecule has 0 fully saturated rings. The van der Waals surface area contributed by atoms with Crippen molar-refractivity contribution < 1.29 is 9.13 Å². The van der Waals surface area contributed by atoms with E-state index >= 15 is 0 Å². The summed E-state index contributed by atoms with van der Waals surface area (Å²) in [5.74, 6) is 1.08. The first kappa shape index (κ1) is 18.5. The van der Waals surface area contributed by atoms with Crippen LogP contribution < -0.4 is 15.0 Å². The number of rotatable bonds is 4.